The maximum absolute atomic E-state index is 5.46. The van der Waals surface area contributed by atoms with E-state index in [1.165, 1.54) is 17.3 Å². The predicted molar refractivity (Wildman–Crippen MR) is 87.2 cm³/mol. The number of imidazole rings is 1. The van der Waals surface area contributed by atoms with Crippen molar-refractivity contribution in [1.29, 1.82) is 0 Å². The highest BCUT2D eigenvalue weighted by Crippen LogP contribution is 2.29. The quantitative estimate of drug-likeness (QED) is 0.878. The number of benzene rings is 1. The normalized spacial score (nSPS) is 19.7. The van der Waals surface area contributed by atoms with Crippen LogP contribution < -0.4 is 4.74 Å². The van der Waals surface area contributed by atoms with Crippen LogP contribution in [0.2, 0.25) is 0 Å². The number of H-pyrrole nitrogens is 1. The predicted octanol–water partition coefficient (Wildman–Crippen LogP) is 3.56. The maximum Gasteiger partial charge on any atom is 0.178 e. The molecule has 3 rings (SSSR count). The maximum atomic E-state index is 5.46. The molecule has 1 saturated heterocycles. The van der Waals surface area contributed by atoms with Crippen molar-refractivity contribution in [2.45, 2.75) is 11.8 Å². The highest BCUT2D eigenvalue weighted by molar-refractivity contribution is 8.06. The summed E-state index contributed by atoms with van der Waals surface area (Å²) in [5.41, 5.74) is 2.14. The smallest absolute Gasteiger partial charge is 0.178 e. The van der Waals surface area contributed by atoms with E-state index in [9.17, 15) is 0 Å². The lowest BCUT2D eigenvalue weighted by Crippen LogP contribution is -2.20. The average Bonchev–Trinajstić information content (AvgIpc) is 2.76. The number of methoxy groups -OCH3 is 1. The molecule has 19 heavy (non-hydrogen) atoms. The van der Waals surface area contributed by atoms with Crippen LogP contribution in [0.15, 0.2) is 18.2 Å². The molecule has 0 radical (unpaired) electrons. The van der Waals surface area contributed by atoms with Gasteiger partial charge in [0.05, 0.1) is 12.6 Å². The first-order chi connectivity index (χ1) is 9.29. The number of fused-ring (bicyclic) bond motifs is 1. The van der Waals surface area contributed by atoms with E-state index in [4.69, 9.17) is 17.0 Å². The Morgan fingerprint density at radius 2 is 2.37 bits per heavy atom. The molecule has 1 fully saturated rings. The van der Waals surface area contributed by atoms with Gasteiger partial charge in [0.25, 0.3) is 0 Å². The molecule has 102 valence electrons. The second kappa shape index (κ2) is 5.81. The molecule has 0 aliphatic carbocycles. The molecule has 1 atom stereocenters. The van der Waals surface area contributed by atoms with Gasteiger partial charge < -0.3 is 14.3 Å². The van der Waals surface area contributed by atoms with Crippen LogP contribution in [0.25, 0.3) is 11.0 Å². The van der Waals surface area contributed by atoms with E-state index in [2.05, 4.69) is 27.4 Å². The largest absolute Gasteiger partial charge is 0.494 e. The number of nitrogens with zero attached hydrogens (tertiary/aromatic N) is 1. The molecule has 1 aromatic carbocycles. The summed E-state index contributed by atoms with van der Waals surface area (Å²) in [5.74, 6) is 4.58. The van der Waals surface area contributed by atoms with E-state index in [0.29, 0.717) is 5.25 Å². The Morgan fingerprint density at radius 3 is 3.11 bits per heavy atom. The number of hydrogen-bond acceptors (Lipinski definition) is 4. The van der Waals surface area contributed by atoms with Gasteiger partial charge in [-0.15, -0.1) is 0 Å². The fourth-order valence-corrected chi connectivity index (χ4v) is 5.28. The molecule has 1 aliphatic rings. The van der Waals surface area contributed by atoms with Crippen molar-refractivity contribution in [3.63, 3.8) is 0 Å². The second-order valence-corrected chi connectivity index (χ2v) is 7.41. The lowest BCUT2D eigenvalue weighted by molar-refractivity contribution is 0.419. The minimum Gasteiger partial charge on any atom is -0.494 e. The van der Waals surface area contributed by atoms with Crippen molar-refractivity contribution in [3.05, 3.63) is 23.0 Å². The molecule has 0 amide bonds. The second-order valence-electron chi connectivity index (χ2n) is 4.46. The fraction of sp³-hybridized carbons (Fsp3) is 0.462. The van der Waals surface area contributed by atoms with Gasteiger partial charge in [-0.1, -0.05) is 6.07 Å². The molecule has 1 aromatic heterocycles. The van der Waals surface area contributed by atoms with Gasteiger partial charge in [0, 0.05) is 29.1 Å². The Kier molecular flexibility index (Phi) is 4.10. The number of aromatic amines is 1. The Bertz CT molecular complexity index is 628. The minimum absolute atomic E-state index is 0.649. The summed E-state index contributed by atoms with van der Waals surface area (Å²) < 4.78 is 8.38. The van der Waals surface area contributed by atoms with Crippen LogP contribution in [-0.4, -0.2) is 39.2 Å². The van der Waals surface area contributed by atoms with E-state index in [1.807, 2.05) is 23.9 Å². The van der Waals surface area contributed by atoms with Crippen LogP contribution in [0.3, 0.4) is 0 Å². The number of thioether (sulfide) groups is 2. The third kappa shape index (κ3) is 2.66. The zero-order chi connectivity index (χ0) is 13.2. The number of hydrogen-bond donors (Lipinski definition) is 1. The van der Waals surface area contributed by atoms with E-state index in [0.717, 1.165) is 28.1 Å². The molecule has 1 unspecified atom stereocenters. The summed E-state index contributed by atoms with van der Waals surface area (Å²) in [4.78, 5) is 3.27. The molecular weight excluding hydrogens is 296 g/mol. The van der Waals surface area contributed by atoms with Gasteiger partial charge in [-0.3, -0.25) is 0 Å². The zero-order valence-electron chi connectivity index (χ0n) is 10.7. The summed E-state index contributed by atoms with van der Waals surface area (Å²) in [6.45, 7) is 0.976. The lowest BCUT2D eigenvalue weighted by atomic mass is 10.3. The van der Waals surface area contributed by atoms with Gasteiger partial charge in [0.1, 0.15) is 11.3 Å². The molecule has 0 spiro atoms. The van der Waals surface area contributed by atoms with E-state index < -0.39 is 0 Å². The molecule has 1 N–H and O–H groups in total. The average molecular weight is 312 g/mol. The van der Waals surface area contributed by atoms with Crippen LogP contribution in [-0.2, 0) is 6.54 Å². The van der Waals surface area contributed by atoms with E-state index in [-0.39, 0.29) is 0 Å². The first-order valence-electron chi connectivity index (χ1n) is 6.24. The standard InChI is InChI=1S/C13H16N2OS3/c1-16-11-4-2-3-10-12(11)14-13(17)15(10)7-9-8-18-5-6-19-9/h2-4,9H,5-8H2,1H3,(H,14,17). The van der Waals surface area contributed by atoms with Crippen LogP contribution in [0.4, 0.5) is 0 Å². The van der Waals surface area contributed by atoms with Gasteiger partial charge in [0.15, 0.2) is 4.77 Å². The van der Waals surface area contributed by atoms with Crippen LogP contribution in [0.5, 0.6) is 5.75 Å². The molecule has 0 bridgehead atoms. The topological polar surface area (TPSA) is 29.9 Å². The third-order valence-electron chi connectivity index (χ3n) is 3.26. The monoisotopic (exact) mass is 312 g/mol. The lowest BCUT2D eigenvalue weighted by Gasteiger charge is -2.21. The number of nitrogens with one attached hydrogen (secondary N) is 1. The van der Waals surface area contributed by atoms with Gasteiger partial charge in [-0.2, -0.15) is 23.5 Å². The molecular formula is C13H16N2OS3. The van der Waals surface area contributed by atoms with Gasteiger partial charge in [-0.05, 0) is 24.4 Å². The summed E-state index contributed by atoms with van der Waals surface area (Å²) in [6, 6.07) is 6.08. The first kappa shape index (κ1) is 13.4. The summed E-state index contributed by atoms with van der Waals surface area (Å²) in [7, 11) is 1.69. The molecule has 3 nitrogen and oxygen atoms in total. The highest BCUT2D eigenvalue weighted by Gasteiger charge is 2.17. The Hall–Kier alpha value is -0.590. The Balaban J connectivity index is 1.98. The van der Waals surface area contributed by atoms with Crippen molar-refractivity contribution < 1.29 is 4.74 Å². The zero-order valence-corrected chi connectivity index (χ0v) is 13.2. The summed E-state index contributed by atoms with van der Waals surface area (Å²) in [6.07, 6.45) is 0. The first-order valence-corrected chi connectivity index (χ1v) is 8.85. The Morgan fingerprint density at radius 1 is 1.47 bits per heavy atom. The van der Waals surface area contributed by atoms with Crippen LogP contribution in [0, 0.1) is 4.77 Å². The summed E-state index contributed by atoms with van der Waals surface area (Å²) in [5, 5.41) is 0.649. The summed E-state index contributed by atoms with van der Waals surface area (Å²) >= 11 is 9.56. The molecule has 0 saturated carbocycles. The number of aromatic nitrogens is 2. The van der Waals surface area contributed by atoms with E-state index in [1.54, 1.807) is 7.11 Å². The molecule has 6 heteroatoms. The van der Waals surface area contributed by atoms with Crippen molar-refractivity contribution >= 4 is 46.8 Å². The van der Waals surface area contributed by atoms with E-state index >= 15 is 0 Å². The third-order valence-corrected chi connectivity index (χ3v) is 6.41. The fourth-order valence-electron chi connectivity index (χ4n) is 2.35. The number of para-hydroxylation sites is 1. The SMILES string of the molecule is COc1cccc2c1[nH]c(=S)n2CC1CSCCS1. The molecule has 2 aromatic rings. The minimum atomic E-state index is 0.649. The van der Waals surface area contributed by atoms with Gasteiger partial charge >= 0.3 is 0 Å². The molecule has 2 heterocycles. The van der Waals surface area contributed by atoms with Gasteiger partial charge in [-0.25, -0.2) is 0 Å². The van der Waals surface area contributed by atoms with Crippen molar-refractivity contribution in [3.8, 4) is 5.75 Å². The number of rotatable bonds is 3. The van der Waals surface area contributed by atoms with Gasteiger partial charge in [0.2, 0.25) is 0 Å². The highest BCUT2D eigenvalue weighted by atomic mass is 32.2. The van der Waals surface area contributed by atoms with Crippen molar-refractivity contribution in [2.24, 2.45) is 0 Å². The van der Waals surface area contributed by atoms with Crippen molar-refractivity contribution in [1.82, 2.24) is 9.55 Å². The van der Waals surface area contributed by atoms with Crippen LogP contribution >= 0.6 is 35.7 Å². The van der Waals surface area contributed by atoms with Crippen molar-refractivity contribution in [2.75, 3.05) is 24.4 Å². The number of ether oxygens (including phenoxy) is 1. The van der Waals surface area contributed by atoms with Crippen LogP contribution in [0.1, 0.15) is 0 Å². The molecule has 1 aliphatic heterocycles. The Labute approximate surface area is 126 Å².